The Bertz CT molecular complexity index is 498. The molecule has 8 heteroatoms. The summed E-state index contributed by atoms with van der Waals surface area (Å²) < 4.78 is 0. The molecule has 1 fully saturated rings. The van der Waals surface area contributed by atoms with Gasteiger partial charge in [-0.3, -0.25) is 14.7 Å². The molecule has 1 unspecified atom stereocenters. The van der Waals surface area contributed by atoms with Crippen LogP contribution in [0.3, 0.4) is 0 Å². The Kier molecular flexibility index (Phi) is 4.33. The number of amides is 2. The van der Waals surface area contributed by atoms with Gasteiger partial charge in [0.05, 0.1) is 0 Å². The lowest BCUT2D eigenvalue weighted by molar-refractivity contribution is -0.125. The van der Waals surface area contributed by atoms with Crippen molar-refractivity contribution < 1.29 is 9.59 Å². The van der Waals surface area contributed by atoms with Crippen molar-refractivity contribution in [2.24, 2.45) is 0 Å². The highest BCUT2D eigenvalue weighted by Gasteiger charge is 2.33. The molecular weight excluding hydrogens is 260 g/mol. The van der Waals surface area contributed by atoms with Crippen LogP contribution in [0, 0.1) is 0 Å². The van der Waals surface area contributed by atoms with Crippen LogP contribution in [0.4, 0.5) is 0 Å². The number of nitrogens with one attached hydrogen (secondary N) is 3. The Morgan fingerprint density at radius 1 is 1.45 bits per heavy atom. The second kappa shape index (κ2) is 6.00. The Balaban J connectivity index is 2.18. The Morgan fingerprint density at radius 3 is 2.80 bits per heavy atom. The average Bonchev–Trinajstić information content (AvgIpc) is 2.95. The summed E-state index contributed by atoms with van der Waals surface area (Å²) in [6.07, 6.45) is 0. The molecule has 1 aliphatic heterocycles. The van der Waals surface area contributed by atoms with Crippen molar-refractivity contribution in [2.75, 3.05) is 26.7 Å². The first-order valence-electron chi connectivity index (χ1n) is 6.70. The predicted octanol–water partition coefficient (Wildman–Crippen LogP) is -0.912. The molecule has 1 atom stereocenters. The third kappa shape index (κ3) is 2.79. The van der Waals surface area contributed by atoms with Crippen LogP contribution in [0.5, 0.6) is 0 Å². The molecule has 110 valence electrons. The van der Waals surface area contributed by atoms with E-state index in [2.05, 4.69) is 25.8 Å². The lowest BCUT2D eigenvalue weighted by Gasteiger charge is -2.34. The molecule has 3 N–H and O–H groups in total. The van der Waals surface area contributed by atoms with Crippen molar-refractivity contribution in [1.29, 1.82) is 0 Å². The topological polar surface area (TPSA) is 103 Å². The number of hydrogen-bond donors (Lipinski definition) is 3. The van der Waals surface area contributed by atoms with E-state index in [-0.39, 0.29) is 23.6 Å². The molecule has 2 rings (SSSR count). The average molecular weight is 280 g/mol. The Hall–Kier alpha value is -1.96. The van der Waals surface area contributed by atoms with Gasteiger partial charge in [0.15, 0.2) is 0 Å². The van der Waals surface area contributed by atoms with Crippen LogP contribution < -0.4 is 10.6 Å². The van der Waals surface area contributed by atoms with E-state index in [4.69, 9.17) is 0 Å². The normalized spacial score (nSPS) is 19.2. The summed E-state index contributed by atoms with van der Waals surface area (Å²) in [6.45, 7) is 5.48. The minimum atomic E-state index is -0.526. The van der Waals surface area contributed by atoms with Gasteiger partial charge in [0.2, 0.25) is 11.7 Å². The van der Waals surface area contributed by atoms with E-state index in [9.17, 15) is 9.59 Å². The van der Waals surface area contributed by atoms with Crippen molar-refractivity contribution >= 4 is 11.8 Å². The molecule has 0 bridgehead atoms. The van der Waals surface area contributed by atoms with Gasteiger partial charge in [-0.1, -0.05) is 13.8 Å². The summed E-state index contributed by atoms with van der Waals surface area (Å²) in [4.78, 5) is 30.0. The molecule has 1 aromatic rings. The fraction of sp³-hybridized carbons (Fsp3) is 0.667. The van der Waals surface area contributed by atoms with Crippen LogP contribution in [0.2, 0.25) is 0 Å². The number of carbonyl (C=O) groups is 2. The predicted molar refractivity (Wildman–Crippen MR) is 72.2 cm³/mol. The van der Waals surface area contributed by atoms with Gasteiger partial charge in [0.25, 0.3) is 5.91 Å². The van der Waals surface area contributed by atoms with E-state index in [1.54, 1.807) is 7.05 Å². The monoisotopic (exact) mass is 280 g/mol. The Labute approximate surface area is 117 Å². The van der Waals surface area contributed by atoms with Gasteiger partial charge in [-0.25, -0.2) is 4.98 Å². The minimum Gasteiger partial charge on any atom is -0.357 e. The van der Waals surface area contributed by atoms with Crippen LogP contribution in [0.25, 0.3) is 0 Å². The quantitative estimate of drug-likeness (QED) is 0.665. The van der Waals surface area contributed by atoms with E-state index in [0.717, 1.165) is 0 Å². The first-order chi connectivity index (χ1) is 9.54. The highest BCUT2D eigenvalue weighted by atomic mass is 16.2. The van der Waals surface area contributed by atoms with Crippen molar-refractivity contribution in [2.45, 2.75) is 25.8 Å². The summed E-state index contributed by atoms with van der Waals surface area (Å²) in [5.41, 5.74) is 0. The maximum Gasteiger partial charge on any atom is 0.294 e. The Morgan fingerprint density at radius 2 is 2.20 bits per heavy atom. The van der Waals surface area contributed by atoms with Gasteiger partial charge < -0.3 is 15.5 Å². The van der Waals surface area contributed by atoms with Crippen molar-refractivity contribution in [1.82, 2.24) is 30.7 Å². The summed E-state index contributed by atoms with van der Waals surface area (Å²) in [7, 11) is 1.56. The SMILES string of the molecule is CNC(=O)C1CNCCN1C(=O)c1n[nH]c(C(C)C)n1. The van der Waals surface area contributed by atoms with E-state index in [1.165, 1.54) is 4.90 Å². The molecule has 1 aromatic heterocycles. The second-order valence-corrected chi connectivity index (χ2v) is 5.03. The van der Waals surface area contributed by atoms with E-state index >= 15 is 0 Å². The molecular formula is C12H20N6O2. The first-order valence-corrected chi connectivity index (χ1v) is 6.70. The van der Waals surface area contributed by atoms with Crippen LogP contribution in [0.15, 0.2) is 0 Å². The molecule has 2 heterocycles. The van der Waals surface area contributed by atoms with Crippen molar-refractivity contribution in [3.8, 4) is 0 Å². The largest absolute Gasteiger partial charge is 0.357 e. The number of carbonyl (C=O) groups excluding carboxylic acids is 2. The molecule has 0 radical (unpaired) electrons. The molecule has 0 spiro atoms. The summed E-state index contributed by atoms with van der Waals surface area (Å²) in [6, 6.07) is -0.526. The van der Waals surface area contributed by atoms with Gasteiger partial charge >= 0.3 is 0 Å². The number of H-pyrrole nitrogens is 1. The third-order valence-electron chi connectivity index (χ3n) is 3.29. The van der Waals surface area contributed by atoms with Gasteiger partial charge in [-0.15, -0.1) is 5.10 Å². The number of rotatable bonds is 3. The van der Waals surface area contributed by atoms with Crippen LogP contribution in [-0.2, 0) is 4.79 Å². The second-order valence-electron chi connectivity index (χ2n) is 5.03. The molecule has 2 amide bonds. The highest BCUT2D eigenvalue weighted by Crippen LogP contribution is 2.11. The number of hydrogen-bond acceptors (Lipinski definition) is 5. The van der Waals surface area contributed by atoms with Crippen LogP contribution in [-0.4, -0.2) is 64.6 Å². The van der Waals surface area contributed by atoms with Gasteiger partial charge in [-0.05, 0) is 0 Å². The molecule has 1 saturated heterocycles. The van der Waals surface area contributed by atoms with Gasteiger partial charge in [0, 0.05) is 32.6 Å². The van der Waals surface area contributed by atoms with Crippen LogP contribution in [0.1, 0.15) is 36.2 Å². The van der Waals surface area contributed by atoms with E-state index < -0.39 is 6.04 Å². The van der Waals surface area contributed by atoms with Gasteiger partial charge in [-0.2, -0.15) is 0 Å². The number of nitrogens with zero attached hydrogens (tertiary/aromatic N) is 3. The maximum absolute atomic E-state index is 12.4. The van der Waals surface area contributed by atoms with E-state index in [0.29, 0.717) is 25.5 Å². The first kappa shape index (κ1) is 14.4. The molecule has 20 heavy (non-hydrogen) atoms. The lowest BCUT2D eigenvalue weighted by Crippen LogP contribution is -2.59. The zero-order valence-electron chi connectivity index (χ0n) is 11.9. The summed E-state index contributed by atoms with van der Waals surface area (Å²) in [5.74, 6) is 0.444. The maximum atomic E-state index is 12.4. The number of aromatic amines is 1. The van der Waals surface area contributed by atoms with Crippen molar-refractivity contribution in [3.63, 3.8) is 0 Å². The molecule has 8 nitrogen and oxygen atoms in total. The number of likely N-dealkylation sites (N-methyl/N-ethyl adjacent to an activating group) is 1. The summed E-state index contributed by atoms with van der Waals surface area (Å²) >= 11 is 0. The van der Waals surface area contributed by atoms with Crippen molar-refractivity contribution in [3.05, 3.63) is 11.6 Å². The number of aromatic nitrogens is 3. The fourth-order valence-corrected chi connectivity index (χ4v) is 2.10. The smallest absolute Gasteiger partial charge is 0.294 e. The number of piperazine rings is 1. The third-order valence-corrected chi connectivity index (χ3v) is 3.29. The molecule has 0 aliphatic carbocycles. The zero-order valence-corrected chi connectivity index (χ0v) is 11.9. The fourth-order valence-electron chi connectivity index (χ4n) is 2.10. The lowest BCUT2D eigenvalue weighted by atomic mass is 10.1. The zero-order chi connectivity index (χ0) is 14.7. The van der Waals surface area contributed by atoms with Gasteiger partial charge in [0.1, 0.15) is 11.9 Å². The highest BCUT2D eigenvalue weighted by molar-refractivity contribution is 5.95. The molecule has 0 aromatic carbocycles. The van der Waals surface area contributed by atoms with E-state index in [1.807, 2.05) is 13.8 Å². The summed E-state index contributed by atoms with van der Waals surface area (Å²) in [5, 5.41) is 12.4. The molecule has 0 saturated carbocycles. The minimum absolute atomic E-state index is 0.115. The molecule has 1 aliphatic rings. The standard InChI is InChI=1S/C12H20N6O2/c1-7(2)9-15-10(17-16-9)12(20)18-5-4-14-6-8(18)11(19)13-3/h7-8,14H,4-6H2,1-3H3,(H,13,19)(H,15,16,17). The van der Waals surface area contributed by atoms with Crippen LogP contribution >= 0.6 is 0 Å².